The van der Waals surface area contributed by atoms with Crippen LogP contribution in [0.15, 0.2) is 10.5 Å². The third-order valence-corrected chi connectivity index (χ3v) is 4.37. The van der Waals surface area contributed by atoms with E-state index in [1.165, 1.54) is 0 Å². The maximum atomic E-state index is 12.8. The van der Waals surface area contributed by atoms with Crippen LogP contribution in [0.3, 0.4) is 0 Å². The highest BCUT2D eigenvalue weighted by molar-refractivity contribution is 5.83. The molecule has 1 amide bonds. The van der Waals surface area contributed by atoms with Crippen molar-refractivity contribution in [3.63, 3.8) is 0 Å². The van der Waals surface area contributed by atoms with Gasteiger partial charge in [0.15, 0.2) is 5.82 Å². The van der Waals surface area contributed by atoms with E-state index in [1.807, 2.05) is 31.7 Å². The quantitative estimate of drug-likeness (QED) is 0.872. The van der Waals surface area contributed by atoms with Crippen LogP contribution in [0.4, 0.5) is 0 Å². The Morgan fingerprint density at radius 1 is 1.36 bits per heavy atom. The summed E-state index contributed by atoms with van der Waals surface area (Å²) in [6.45, 7) is 9.84. The normalized spacial score (nSPS) is 15.7. The lowest BCUT2D eigenvalue weighted by atomic mass is 9.99. The maximum Gasteiger partial charge on any atom is 0.230 e. The summed E-state index contributed by atoms with van der Waals surface area (Å²) < 4.78 is 7.68. The monoisotopic (exact) mass is 302 g/mol. The predicted molar refractivity (Wildman–Crippen MR) is 81.4 cm³/mol. The second-order valence-electron chi connectivity index (χ2n) is 5.89. The highest BCUT2D eigenvalue weighted by atomic mass is 16.3. The molecule has 1 aliphatic heterocycles. The van der Waals surface area contributed by atoms with Crippen LogP contribution >= 0.6 is 0 Å². The molecule has 0 spiro atoms. The van der Waals surface area contributed by atoms with Gasteiger partial charge in [-0.2, -0.15) is 0 Å². The van der Waals surface area contributed by atoms with Crippen molar-refractivity contribution in [1.29, 1.82) is 0 Å². The third kappa shape index (κ3) is 2.42. The summed E-state index contributed by atoms with van der Waals surface area (Å²) in [4.78, 5) is 14.6. The van der Waals surface area contributed by atoms with Crippen molar-refractivity contribution in [3.05, 3.63) is 34.8 Å². The first kappa shape index (κ1) is 14.8. The Balaban J connectivity index is 1.77. The minimum absolute atomic E-state index is 0.121. The first-order valence-corrected chi connectivity index (χ1v) is 7.78. The van der Waals surface area contributed by atoms with Crippen molar-refractivity contribution in [2.75, 3.05) is 6.54 Å². The molecule has 0 fully saturated rings. The highest BCUT2D eigenvalue weighted by Crippen LogP contribution is 2.26. The summed E-state index contributed by atoms with van der Waals surface area (Å²) in [5, 5.41) is 8.41. The van der Waals surface area contributed by atoms with Crippen molar-refractivity contribution >= 4 is 5.91 Å². The summed E-state index contributed by atoms with van der Waals surface area (Å²) in [5.74, 6) is 3.47. The van der Waals surface area contributed by atoms with E-state index < -0.39 is 0 Å². The van der Waals surface area contributed by atoms with Crippen LogP contribution in [-0.4, -0.2) is 32.1 Å². The van der Waals surface area contributed by atoms with Gasteiger partial charge in [-0.3, -0.25) is 4.79 Å². The predicted octanol–water partition coefficient (Wildman–Crippen LogP) is 2.20. The molecule has 0 bridgehead atoms. The molecule has 6 heteroatoms. The molecule has 0 saturated heterocycles. The smallest absolute Gasteiger partial charge is 0.230 e. The van der Waals surface area contributed by atoms with Crippen LogP contribution in [0.5, 0.6) is 0 Å². The number of amides is 1. The number of carbonyl (C=O) groups is 1. The van der Waals surface area contributed by atoms with Crippen LogP contribution in [0, 0.1) is 13.8 Å². The fraction of sp³-hybridized carbons (Fsp3) is 0.562. The van der Waals surface area contributed by atoms with Gasteiger partial charge < -0.3 is 13.9 Å². The Hall–Kier alpha value is -2.11. The van der Waals surface area contributed by atoms with Gasteiger partial charge in [-0.05, 0) is 26.8 Å². The largest absolute Gasteiger partial charge is 0.466 e. The van der Waals surface area contributed by atoms with Gasteiger partial charge in [-0.15, -0.1) is 10.2 Å². The zero-order valence-electron chi connectivity index (χ0n) is 13.6. The van der Waals surface area contributed by atoms with E-state index in [9.17, 15) is 4.79 Å². The Labute approximate surface area is 130 Å². The molecule has 0 radical (unpaired) electrons. The van der Waals surface area contributed by atoms with E-state index >= 15 is 0 Å². The summed E-state index contributed by atoms with van der Waals surface area (Å²) in [7, 11) is 0. The number of carbonyl (C=O) groups excluding carboxylic acids is 1. The number of hydrogen-bond acceptors (Lipinski definition) is 4. The third-order valence-electron chi connectivity index (χ3n) is 4.37. The topological polar surface area (TPSA) is 64.2 Å². The number of fused-ring (bicyclic) bond motifs is 1. The van der Waals surface area contributed by atoms with Crippen molar-refractivity contribution in [2.45, 2.75) is 53.1 Å². The molecule has 1 aliphatic rings. The maximum absolute atomic E-state index is 12.8. The summed E-state index contributed by atoms with van der Waals surface area (Å²) in [6.07, 6.45) is 0.866. The van der Waals surface area contributed by atoms with Crippen molar-refractivity contribution in [1.82, 2.24) is 19.7 Å². The zero-order chi connectivity index (χ0) is 15.9. The number of hydrogen-bond donors (Lipinski definition) is 0. The van der Waals surface area contributed by atoms with Crippen LogP contribution in [0.2, 0.25) is 0 Å². The van der Waals surface area contributed by atoms with Gasteiger partial charge in [0.05, 0.1) is 12.5 Å². The second-order valence-corrected chi connectivity index (χ2v) is 5.89. The Morgan fingerprint density at radius 3 is 2.77 bits per heavy atom. The molecule has 1 atom stereocenters. The van der Waals surface area contributed by atoms with E-state index in [0.29, 0.717) is 13.1 Å². The molecule has 2 aromatic heterocycles. The molecule has 118 valence electrons. The number of furan rings is 1. The molecular formula is C16H22N4O2. The molecule has 3 rings (SSSR count). The first-order valence-electron chi connectivity index (χ1n) is 7.78. The average Bonchev–Trinajstić information content (AvgIpc) is 3.07. The van der Waals surface area contributed by atoms with Crippen molar-refractivity contribution in [3.8, 4) is 0 Å². The van der Waals surface area contributed by atoms with E-state index in [4.69, 9.17) is 4.42 Å². The fourth-order valence-electron chi connectivity index (χ4n) is 3.15. The molecule has 2 aromatic rings. The molecule has 0 unspecified atom stereocenters. The number of aryl methyl sites for hydroxylation is 3. The molecule has 3 heterocycles. The minimum atomic E-state index is -0.197. The lowest BCUT2D eigenvalue weighted by molar-refractivity contribution is -0.134. The molecule has 0 N–H and O–H groups in total. The Kier molecular flexibility index (Phi) is 3.76. The van der Waals surface area contributed by atoms with E-state index in [0.717, 1.165) is 41.7 Å². The van der Waals surface area contributed by atoms with Crippen LogP contribution < -0.4 is 0 Å². The van der Waals surface area contributed by atoms with Crippen LogP contribution in [0.1, 0.15) is 48.5 Å². The standard InChI is InChI=1S/C16H22N4O2/c1-5-14-17-18-15-9-19(6-7-20(14)15)16(21)11(3)13-8-10(2)22-12(13)4/h8,11H,5-7,9H2,1-4H3/t11-/m1/s1. The molecule has 6 nitrogen and oxygen atoms in total. The van der Waals surface area contributed by atoms with Crippen LogP contribution in [-0.2, 0) is 24.3 Å². The molecule has 22 heavy (non-hydrogen) atoms. The lowest BCUT2D eigenvalue weighted by Crippen LogP contribution is -2.40. The van der Waals surface area contributed by atoms with Crippen molar-refractivity contribution in [2.24, 2.45) is 0 Å². The summed E-state index contributed by atoms with van der Waals surface area (Å²) in [5.41, 5.74) is 0.976. The van der Waals surface area contributed by atoms with Gasteiger partial charge in [0.25, 0.3) is 0 Å². The molecule has 0 saturated carbocycles. The van der Waals surface area contributed by atoms with E-state index in [-0.39, 0.29) is 11.8 Å². The van der Waals surface area contributed by atoms with Crippen LogP contribution in [0.25, 0.3) is 0 Å². The Morgan fingerprint density at radius 2 is 2.14 bits per heavy atom. The first-order chi connectivity index (χ1) is 10.5. The lowest BCUT2D eigenvalue weighted by Gasteiger charge is -2.30. The van der Waals surface area contributed by atoms with Gasteiger partial charge in [0.1, 0.15) is 17.3 Å². The summed E-state index contributed by atoms with van der Waals surface area (Å²) in [6, 6.07) is 1.96. The van der Waals surface area contributed by atoms with Crippen molar-refractivity contribution < 1.29 is 9.21 Å². The van der Waals surface area contributed by atoms with Gasteiger partial charge >= 0.3 is 0 Å². The number of aromatic nitrogens is 3. The van der Waals surface area contributed by atoms with E-state index in [2.05, 4.69) is 21.7 Å². The molecule has 0 aromatic carbocycles. The number of nitrogens with zero attached hydrogens (tertiary/aromatic N) is 4. The summed E-state index contributed by atoms with van der Waals surface area (Å²) >= 11 is 0. The zero-order valence-corrected chi connectivity index (χ0v) is 13.6. The Bertz CT molecular complexity index is 701. The molecular weight excluding hydrogens is 280 g/mol. The van der Waals surface area contributed by atoms with E-state index in [1.54, 1.807) is 0 Å². The van der Waals surface area contributed by atoms with Gasteiger partial charge in [-0.1, -0.05) is 6.92 Å². The van der Waals surface area contributed by atoms with Gasteiger partial charge in [0.2, 0.25) is 5.91 Å². The average molecular weight is 302 g/mol. The second kappa shape index (κ2) is 5.59. The SMILES string of the molecule is CCc1nnc2n1CCN(C(=O)[C@H](C)c1cc(C)oc1C)C2. The fourth-order valence-corrected chi connectivity index (χ4v) is 3.15. The minimum Gasteiger partial charge on any atom is -0.466 e. The van der Waals surface area contributed by atoms with Gasteiger partial charge in [0, 0.05) is 25.1 Å². The highest BCUT2D eigenvalue weighted by Gasteiger charge is 2.29. The number of rotatable bonds is 3. The van der Waals surface area contributed by atoms with Gasteiger partial charge in [-0.25, -0.2) is 0 Å². The molecule has 0 aliphatic carbocycles.